The number of carbonyl (C=O) groups excluding carboxylic acids is 1. The van der Waals surface area contributed by atoms with Crippen LogP contribution in [-0.4, -0.2) is 43.7 Å². The van der Waals surface area contributed by atoms with Crippen LogP contribution < -0.4 is 5.73 Å². The van der Waals surface area contributed by atoms with Crippen LogP contribution in [0.1, 0.15) is 23.1 Å². The van der Waals surface area contributed by atoms with Crippen LogP contribution in [-0.2, 0) is 11.2 Å². The highest BCUT2D eigenvalue weighted by molar-refractivity contribution is 5.97. The summed E-state index contributed by atoms with van der Waals surface area (Å²) >= 11 is 0. The second-order valence-electron chi connectivity index (χ2n) is 9.23. The number of carbonyl (C=O) groups is 1. The average molecular weight is 646 g/mol. The van der Waals surface area contributed by atoms with Gasteiger partial charge < -0.3 is 15.0 Å². The number of halogens is 4. The molecule has 2 aromatic heterocycles. The summed E-state index contributed by atoms with van der Waals surface area (Å²) in [5, 5.41) is 7.67. The van der Waals surface area contributed by atoms with Gasteiger partial charge in [0.2, 0.25) is 0 Å². The lowest BCUT2D eigenvalue weighted by atomic mass is 10.1. The summed E-state index contributed by atoms with van der Waals surface area (Å²) in [6.45, 7) is 2.44. The minimum atomic E-state index is -0.745. The smallest absolute Gasteiger partial charge is 0.292 e. The first-order chi connectivity index (χ1) is 22.8. The maximum atomic E-state index is 13.7. The van der Waals surface area contributed by atoms with Crippen LogP contribution >= 0.6 is 0 Å². The molecule has 2 N–H and O–H groups in total. The van der Waals surface area contributed by atoms with Crippen molar-refractivity contribution in [3.05, 3.63) is 138 Å². The number of Topliss-reactive ketones (excluding diaryl/α,β-unsaturated/α-hetero) is 1. The number of rotatable bonds is 8. The molecule has 0 unspecified atom stereocenters. The lowest BCUT2D eigenvalue weighted by molar-refractivity contribution is 0.0990. The fraction of sp³-hybridized carbons (Fsp3) is 0.0909. The minimum Gasteiger partial charge on any atom is -0.483 e. The summed E-state index contributed by atoms with van der Waals surface area (Å²) in [6.07, 6.45) is 2.46. The van der Waals surface area contributed by atoms with Gasteiger partial charge in [-0.2, -0.15) is 15.1 Å². The highest BCUT2D eigenvalue weighted by Crippen LogP contribution is 2.19. The van der Waals surface area contributed by atoms with Crippen molar-refractivity contribution in [2.45, 2.75) is 13.3 Å². The number of nitrogens with zero attached hydrogens (tertiary/aromatic N) is 6. The molecule has 4 aromatic carbocycles. The van der Waals surface area contributed by atoms with Crippen LogP contribution in [0.3, 0.4) is 0 Å². The van der Waals surface area contributed by atoms with Crippen molar-refractivity contribution >= 4 is 23.8 Å². The van der Waals surface area contributed by atoms with Crippen molar-refractivity contribution in [3.63, 3.8) is 0 Å². The quantitative estimate of drug-likeness (QED) is 0.0618. The Hall–Kier alpha value is -6.18. The number of hydrogen-bond donors (Lipinski definition) is 1. The molecule has 0 bridgehead atoms. The fourth-order valence-corrected chi connectivity index (χ4v) is 3.70. The van der Waals surface area contributed by atoms with Gasteiger partial charge in [-0.1, -0.05) is 60.7 Å². The molecule has 47 heavy (non-hydrogen) atoms. The number of hydrogen-bond acceptors (Lipinski definition) is 9. The highest BCUT2D eigenvalue weighted by atomic mass is 19.1. The van der Waals surface area contributed by atoms with Crippen molar-refractivity contribution in [1.82, 2.24) is 24.9 Å². The number of para-hydroxylation sites is 2. The Bertz CT molecular complexity index is 1880. The summed E-state index contributed by atoms with van der Waals surface area (Å²) in [4.78, 5) is 24.0. The Morgan fingerprint density at radius 3 is 2.06 bits per heavy atom. The van der Waals surface area contributed by atoms with Gasteiger partial charge in [0.15, 0.2) is 29.6 Å². The second-order valence-corrected chi connectivity index (χ2v) is 9.23. The summed E-state index contributed by atoms with van der Waals surface area (Å²) in [6, 6.07) is 25.2. The number of ether oxygens (including phenoxy) is 1. The molecular weight excluding hydrogens is 618 g/mol. The molecule has 6 rings (SSSR count). The van der Waals surface area contributed by atoms with Gasteiger partial charge in [-0.3, -0.25) is 4.79 Å². The molecule has 0 fully saturated rings. The minimum absolute atomic E-state index is 0.0346. The van der Waals surface area contributed by atoms with Crippen LogP contribution in [0.25, 0.3) is 17.1 Å². The van der Waals surface area contributed by atoms with E-state index in [1.165, 1.54) is 24.9 Å². The maximum Gasteiger partial charge on any atom is 0.292 e. The lowest BCUT2D eigenvalue weighted by Gasteiger charge is -2.03. The van der Waals surface area contributed by atoms with Crippen LogP contribution in [0.2, 0.25) is 0 Å². The van der Waals surface area contributed by atoms with Crippen molar-refractivity contribution in [2.75, 3.05) is 12.3 Å². The Kier molecular flexibility index (Phi) is 12.0. The molecule has 0 spiro atoms. The molecule has 0 aliphatic carbocycles. The van der Waals surface area contributed by atoms with Gasteiger partial charge in [0.05, 0.1) is 13.0 Å². The van der Waals surface area contributed by atoms with Crippen molar-refractivity contribution in [2.24, 2.45) is 4.99 Å². The Morgan fingerprint density at radius 1 is 0.872 bits per heavy atom. The van der Waals surface area contributed by atoms with Crippen LogP contribution in [0.4, 0.5) is 29.2 Å². The molecule has 2 heterocycles. The van der Waals surface area contributed by atoms with E-state index >= 15 is 0 Å². The number of aliphatic imine (C=N–C) groups is 1. The van der Waals surface area contributed by atoms with Crippen molar-refractivity contribution < 1.29 is 31.6 Å². The van der Waals surface area contributed by atoms with Crippen LogP contribution in [0.5, 0.6) is 0 Å². The van der Waals surface area contributed by atoms with Crippen molar-refractivity contribution in [1.29, 1.82) is 0 Å². The van der Waals surface area contributed by atoms with Gasteiger partial charge in [0.1, 0.15) is 29.3 Å². The molecule has 0 amide bonds. The first kappa shape index (κ1) is 33.7. The molecule has 0 saturated heterocycles. The van der Waals surface area contributed by atoms with Crippen LogP contribution in [0.15, 0.2) is 113 Å². The third-order valence-corrected chi connectivity index (χ3v) is 5.97. The van der Waals surface area contributed by atoms with E-state index in [2.05, 4.69) is 25.2 Å². The first-order valence-electron chi connectivity index (χ1n) is 13.9. The maximum absolute atomic E-state index is 13.7. The number of aromatic nitrogens is 5. The standard InChI is InChI=1S/C16H11F2N3O.C11H11N3O2.C6H5F2N/c17-12-7-4-8-13(18)16(12)21-10-19-15(20-21)9-14(22)11-5-2-1-3-6-11;1-2-15-8-12-11-13-10(16-14-11)9-6-4-3-5-7-9;7-4-2-1-3-5(8)6(4)9/h1-8,10H,9H2;3-8H,2H2,1H3;1-3H,9H2. The molecular formula is C33H27F4N7O3. The van der Waals surface area contributed by atoms with Gasteiger partial charge in [-0.15, -0.1) is 0 Å². The number of nitrogen functional groups attached to an aromatic ring is 1. The Balaban J connectivity index is 0.000000175. The van der Waals surface area contributed by atoms with Gasteiger partial charge >= 0.3 is 0 Å². The number of ketones is 1. The van der Waals surface area contributed by atoms with Crippen molar-refractivity contribution in [3.8, 4) is 17.1 Å². The summed E-state index contributed by atoms with van der Waals surface area (Å²) < 4.78 is 62.8. The molecule has 6 aromatic rings. The number of benzene rings is 4. The van der Waals surface area contributed by atoms with Crippen LogP contribution in [0, 0.1) is 23.3 Å². The molecule has 0 aliphatic rings. The molecule has 0 aliphatic heterocycles. The van der Waals surface area contributed by atoms with E-state index in [0.717, 1.165) is 34.5 Å². The summed E-state index contributed by atoms with van der Waals surface area (Å²) in [5.74, 6) is -2.16. The Morgan fingerprint density at radius 2 is 1.47 bits per heavy atom. The molecule has 0 saturated carbocycles. The Labute approximate surface area is 266 Å². The van der Waals surface area contributed by atoms with E-state index in [9.17, 15) is 22.4 Å². The third kappa shape index (κ3) is 9.65. The molecule has 10 nitrogen and oxygen atoms in total. The normalized spacial score (nSPS) is 10.5. The zero-order valence-corrected chi connectivity index (χ0v) is 24.8. The van der Waals surface area contributed by atoms with E-state index in [4.69, 9.17) is 15.0 Å². The zero-order chi connectivity index (χ0) is 33.6. The van der Waals surface area contributed by atoms with E-state index in [1.807, 2.05) is 43.3 Å². The fourth-order valence-electron chi connectivity index (χ4n) is 3.70. The lowest BCUT2D eigenvalue weighted by Crippen LogP contribution is -2.06. The molecule has 0 radical (unpaired) electrons. The molecule has 14 heteroatoms. The highest BCUT2D eigenvalue weighted by Gasteiger charge is 2.15. The van der Waals surface area contributed by atoms with Gasteiger partial charge in [0.25, 0.3) is 11.8 Å². The van der Waals surface area contributed by atoms with E-state index in [-0.39, 0.29) is 29.7 Å². The third-order valence-electron chi connectivity index (χ3n) is 5.97. The predicted octanol–water partition coefficient (Wildman–Crippen LogP) is 6.95. The topological polar surface area (TPSA) is 134 Å². The van der Waals surface area contributed by atoms with Gasteiger partial charge in [0, 0.05) is 11.1 Å². The predicted molar refractivity (Wildman–Crippen MR) is 166 cm³/mol. The monoisotopic (exact) mass is 645 g/mol. The zero-order valence-electron chi connectivity index (χ0n) is 24.8. The SMILES string of the molecule is CCOC=Nc1noc(-c2ccccc2)n1.Nc1c(F)cccc1F.O=C(Cc1ncn(-c2c(F)cccc2F)n1)c1ccccc1. The van der Waals surface area contributed by atoms with Gasteiger partial charge in [-0.25, -0.2) is 27.2 Å². The number of anilines is 1. The molecule has 240 valence electrons. The van der Waals surface area contributed by atoms with Gasteiger partial charge in [-0.05, 0) is 48.5 Å². The largest absolute Gasteiger partial charge is 0.483 e. The first-order valence-corrected chi connectivity index (χ1v) is 13.9. The number of nitrogens with two attached hydrogens (primary N) is 1. The van der Waals surface area contributed by atoms with E-state index in [1.54, 1.807) is 24.3 Å². The average Bonchev–Trinajstić information content (AvgIpc) is 3.75. The van der Waals surface area contributed by atoms with E-state index in [0.29, 0.717) is 18.1 Å². The molecule has 0 atom stereocenters. The summed E-state index contributed by atoms with van der Waals surface area (Å²) in [7, 11) is 0. The van der Waals surface area contributed by atoms with E-state index < -0.39 is 29.0 Å². The summed E-state index contributed by atoms with van der Waals surface area (Å²) in [5.41, 5.74) is 5.61. The second kappa shape index (κ2) is 16.8.